The largest absolute Gasteiger partial charge is 0.395 e. The molecule has 0 radical (unpaired) electrons. The Hall–Kier alpha value is -1.18. The van der Waals surface area contributed by atoms with E-state index in [1.165, 1.54) is 10.5 Å². The van der Waals surface area contributed by atoms with E-state index in [0.29, 0.717) is 5.69 Å². The number of aliphatic hydroxyl groups is 1. The van der Waals surface area contributed by atoms with Gasteiger partial charge in [-0.3, -0.25) is 4.98 Å². The molecule has 1 aliphatic carbocycles. The van der Waals surface area contributed by atoms with Crippen LogP contribution in [0.1, 0.15) is 32.1 Å². The van der Waals surface area contributed by atoms with Gasteiger partial charge >= 0.3 is 0 Å². The number of aromatic nitrogens is 1. The average Bonchev–Trinajstić information content (AvgIpc) is 2.53. The number of anilines is 1. The minimum Gasteiger partial charge on any atom is -0.395 e. The van der Waals surface area contributed by atoms with Gasteiger partial charge in [0.25, 0.3) is 0 Å². The number of hydrogen-bond acceptors (Lipinski definition) is 5. The van der Waals surface area contributed by atoms with Crippen LogP contribution in [0.2, 0.25) is 0 Å². The molecule has 0 amide bonds. The van der Waals surface area contributed by atoms with E-state index in [1.54, 1.807) is 19.3 Å². The second-order valence-corrected chi connectivity index (χ2v) is 7.11. The van der Waals surface area contributed by atoms with Gasteiger partial charge in [0.15, 0.2) is 0 Å². The molecule has 1 aliphatic rings. The zero-order valence-electron chi connectivity index (χ0n) is 12.3. The molecule has 1 aromatic rings. The van der Waals surface area contributed by atoms with Crippen molar-refractivity contribution < 1.29 is 13.5 Å². The lowest BCUT2D eigenvalue weighted by Crippen LogP contribution is -2.43. The summed E-state index contributed by atoms with van der Waals surface area (Å²) in [5.41, 5.74) is 0.531. The van der Waals surface area contributed by atoms with Crippen molar-refractivity contribution in [3.05, 3.63) is 18.5 Å². The minimum atomic E-state index is -3.66. The highest BCUT2D eigenvalue weighted by Gasteiger charge is 2.33. The van der Waals surface area contributed by atoms with Gasteiger partial charge in [-0.1, -0.05) is 19.3 Å². The van der Waals surface area contributed by atoms with Crippen molar-refractivity contribution in [3.63, 3.8) is 0 Å². The van der Waals surface area contributed by atoms with Gasteiger partial charge in [0.1, 0.15) is 4.90 Å². The lowest BCUT2D eigenvalue weighted by molar-refractivity contribution is 0.199. The van der Waals surface area contributed by atoms with Gasteiger partial charge in [-0.05, 0) is 18.9 Å². The maximum atomic E-state index is 12.9. The van der Waals surface area contributed by atoms with Crippen LogP contribution in [0, 0.1) is 0 Å². The second kappa shape index (κ2) is 7.20. The Morgan fingerprint density at radius 2 is 2.10 bits per heavy atom. The van der Waals surface area contributed by atoms with E-state index in [4.69, 9.17) is 0 Å². The maximum Gasteiger partial charge on any atom is 0.246 e. The van der Waals surface area contributed by atoms with Crippen molar-refractivity contribution in [1.29, 1.82) is 0 Å². The first-order valence-electron chi connectivity index (χ1n) is 7.35. The Labute approximate surface area is 126 Å². The highest BCUT2D eigenvalue weighted by molar-refractivity contribution is 7.89. The van der Waals surface area contributed by atoms with Crippen LogP contribution >= 0.6 is 0 Å². The third-order valence-corrected chi connectivity index (χ3v) is 5.92. The first-order chi connectivity index (χ1) is 10.1. The van der Waals surface area contributed by atoms with Crippen LogP contribution in [0.25, 0.3) is 0 Å². The number of aliphatic hydroxyl groups excluding tert-OH is 1. The summed E-state index contributed by atoms with van der Waals surface area (Å²) in [6, 6.07) is 1.62. The summed E-state index contributed by atoms with van der Waals surface area (Å²) in [5, 5.41) is 12.2. The molecule has 0 unspecified atom stereocenters. The van der Waals surface area contributed by atoms with Crippen LogP contribution in [0.15, 0.2) is 23.4 Å². The normalized spacial score (nSPS) is 17.1. The number of rotatable bonds is 6. The molecular weight excluding hydrogens is 290 g/mol. The smallest absolute Gasteiger partial charge is 0.246 e. The van der Waals surface area contributed by atoms with E-state index in [0.717, 1.165) is 32.1 Å². The molecule has 118 valence electrons. The minimum absolute atomic E-state index is 0.0270. The summed E-state index contributed by atoms with van der Waals surface area (Å²) in [7, 11) is -1.97. The topological polar surface area (TPSA) is 82.5 Å². The molecule has 2 N–H and O–H groups in total. The van der Waals surface area contributed by atoms with Crippen LogP contribution in [0.4, 0.5) is 5.69 Å². The van der Waals surface area contributed by atoms with Crippen LogP contribution < -0.4 is 5.32 Å². The molecule has 1 heterocycles. The maximum absolute atomic E-state index is 12.9. The molecular formula is C14H23N3O3S. The Bertz CT molecular complexity index is 556. The van der Waals surface area contributed by atoms with E-state index in [9.17, 15) is 13.5 Å². The molecule has 1 saturated carbocycles. The van der Waals surface area contributed by atoms with E-state index in [1.807, 2.05) is 0 Å². The van der Waals surface area contributed by atoms with Crippen LogP contribution in [0.3, 0.4) is 0 Å². The lowest BCUT2D eigenvalue weighted by Gasteiger charge is -2.33. The summed E-state index contributed by atoms with van der Waals surface area (Å²) in [6.07, 6.45) is 7.86. The summed E-state index contributed by atoms with van der Waals surface area (Å²) < 4.78 is 27.3. The molecule has 1 aromatic heterocycles. The van der Waals surface area contributed by atoms with Crippen LogP contribution in [0.5, 0.6) is 0 Å². The third kappa shape index (κ3) is 3.53. The molecule has 1 fully saturated rings. The van der Waals surface area contributed by atoms with Crippen molar-refractivity contribution in [2.75, 3.05) is 25.5 Å². The second-order valence-electron chi connectivity index (χ2n) is 5.25. The average molecular weight is 313 g/mol. The van der Waals surface area contributed by atoms with Gasteiger partial charge in [-0.25, -0.2) is 8.42 Å². The number of nitrogens with zero attached hydrogens (tertiary/aromatic N) is 2. The number of sulfonamides is 1. The van der Waals surface area contributed by atoms with Gasteiger partial charge in [0.2, 0.25) is 10.0 Å². The molecule has 0 bridgehead atoms. The van der Waals surface area contributed by atoms with Crippen molar-refractivity contribution in [3.8, 4) is 0 Å². The van der Waals surface area contributed by atoms with Crippen molar-refractivity contribution >= 4 is 15.7 Å². The highest BCUT2D eigenvalue weighted by Crippen LogP contribution is 2.30. The molecule has 7 heteroatoms. The fraction of sp³-hybridized carbons (Fsp3) is 0.643. The van der Waals surface area contributed by atoms with Gasteiger partial charge < -0.3 is 10.4 Å². The van der Waals surface area contributed by atoms with Gasteiger partial charge in [-0.15, -0.1) is 0 Å². The molecule has 6 nitrogen and oxygen atoms in total. The van der Waals surface area contributed by atoms with Crippen molar-refractivity contribution in [2.45, 2.75) is 43.0 Å². The predicted molar refractivity (Wildman–Crippen MR) is 81.6 cm³/mol. The lowest BCUT2D eigenvalue weighted by atomic mass is 9.95. The fourth-order valence-corrected chi connectivity index (χ4v) is 4.71. The van der Waals surface area contributed by atoms with Gasteiger partial charge in [0, 0.05) is 32.0 Å². The van der Waals surface area contributed by atoms with Crippen molar-refractivity contribution in [1.82, 2.24) is 9.29 Å². The summed E-state index contributed by atoms with van der Waals surface area (Å²) in [4.78, 5) is 4.11. The molecule has 0 aliphatic heterocycles. The predicted octanol–water partition coefficient (Wildman–Crippen LogP) is 1.44. The molecule has 0 saturated heterocycles. The monoisotopic (exact) mass is 313 g/mol. The zero-order chi connectivity index (χ0) is 15.3. The van der Waals surface area contributed by atoms with Crippen molar-refractivity contribution in [2.24, 2.45) is 0 Å². The summed E-state index contributed by atoms with van der Waals surface area (Å²) in [6.45, 7) is -0.0457. The number of hydrogen-bond donors (Lipinski definition) is 2. The quantitative estimate of drug-likeness (QED) is 0.830. The summed E-state index contributed by atoms with van der Waals surface area (Å²) >= 11 is 0. The molecule has 0 spiro atoms. The van der Waals surface area contributed by atoms with Crippen LogP contribution in [-0.4, -0.2) is 49.1 Å². The Balaban J connectivity index is 2.37. The number of pyridine rings is 1. The first kappa shape index (κ1) is 16.2. The highest BCUT2D eigenvalue weighted by atomic mass is 32.2. The molecule has 0 aromatic carbocycles. The van der Waals surface area contributed by atoms with E-state index < -0.39 is 10.0 Å². The van der Waals surface area contributed by atoms with Crippen LogP contribution in [-0.2, 0) is 10.0 Å². The van der Waals surface area contributed by atoms with Gasteiger partial charge in [-0.2, -0.15) is 4.31 Å². The van der Waals surface area contributed by atoms with E-state index in [-0.39, 0.29) is 24.1 Å². The SMILES string of the molecule is CNc1ccncc1S(=O)(=O)N(CCO)C1CCCCC1. The molecule has 0 atom stereocenters. The zero-order valence-corrected chi connectivity index (χ0v) is 13.1. The number of nitrogens with one attached hydrogen (secondary N) is 1. The van der Waals surface area contributed by atoms with E-state index >= 15 is 0 Å². The molecule has 21 heavy (non-hydrogen) atoms. The van der Waals surface area contributed by atoms with E-state index in [2.05, 4.69) is 10.3 Å². The fourth-order valence-electron chi connectivity index (χ4n) is 2.88. The standard InChI is InChI=1S/C14H23N3O3S/c1-15-13-7-8-16-11-14(13)21(19,20)17(9-10-18)12-5-3-2-4-6-12/h7-8,11-12,18H,2-6,9-10H2,1H3,(H,15,16). The third-order valence-electron chi connectivity index (χ3n) is 3.94. The Kier molecular flexibility index (Phi) is 5.55. The Morgan fingerprint density at radius 3 is 2.71 bits per heavy atom. The first-order valence-corrected chi connectivity index (χ1v) is 8.79. The molecule has 2 rings (SSSR count). The summed E-state index contributed by atoms with van der Waals surface area (Å²) in [5.74, 6) is 0. The van der Waals surface area contributed by atoms with Gasteiger partial charge in [0.05, 0.1) is 12.3 Å². The Morgan fingerprint density at radius 1 is 1.38 bits per heavy atom.